The fourth-order valence-electron chi connectivity index (χ4n) is 4.63. The third-order valence-electron chi connectivity index (χ3n) is 6.02. The van der Waals surface area contributed by atoms with Gasteiger partial charge >= 0.3 is 12.2 Å². The highest BCUT2D eigenvalue weighted by Gasteiger charge is 2.54. The van der Waals surface area contributed by atoms with Crippen molar-refractivity contribution in [2.75, 3.05) is 19.6 Å². The number of carbonyl (C=O) groups is 4. The summed E-state index contributed by atoms with van der Waals surface area (Å²) in [7, 11) is 0. The molecule has 2 rings (SSSR count). The molecule has 1 aliphatic heterocycles. The molecule has 1 heterocycles. The molecule has 1 aromatic carbocycles. The number of rotatable bonds is 10. The number of carboxylic acid groups (broad SMARTS) is 2. The van der Waals surface area contributed by atoms with Crippen LogP contribution in [-0.2, 0) is 16.0 Å². The van der Waals surface area contributed by atoms with Crippen LogP contribution in [0.25, 0.3) is 0 Å². The normalized spacial score (nSPS) is 19.1. The second kappa shape index (κ2) is 10.9. The maximum absolute atomic E-state index is 13.6. The van der Waals surface area contributed by atoms with Gasteiger partial charge in [0.1, 0.15) is 0 Å². The Morgan fingerprint density at radius 3 is 2.31 bits per heavy atom. The van der Waals surface area contributed by atoms with E-state index < -0.39 is 36.0 Å². The highest BCUT2D eigenvalue weighted by molar-refractivity contribution is 5.92. The zero-order valence-electron chi connectivity index (χ0n) is 18.4. The van der Waals surface area contributed by atoms with Gasteiger partial charge in [0.15, 0.2) is 0 Å². The summed E-state index contributed by atoms with van der Waals surface area (Å²) in [5.41, 5.74) is 1.51. The average molecular weight is 450 g/mol. The van der Waals surface area contributed by atoms with Crippen molar-refractivity contribution >= 4 is 24.0 Å². The maximum atomic E-state index is 13.6. The number of imide groups is 1. The van der Waals surface area contributed by atoms with Crippen LogP contribution in [0.5, 0.6) is 0 Å². The van der Waals surface area contributed by atoms with Gasteiger partial charge in [0.25, 0.3) is 0 Å². The molecule has 176 valence electrons. The fraction of sp³-hybridized carbons (Fsp3) is 0.545. The predicted octanol–water partition coefficient (Wildman–Crippen LogP) is 2.66. The van der Waals surface area contributed by atoms with Crippen LogP contribution in [-0.4, -0.2) is 68.9 Å². The molecule has 1 saturated heterocycles. The van der Waals surface area contributed by atoms with Crippen molar-refractivity contribution in [3.05, 3.63) is 35.9 Å². The van der Waals surface area contributed by atoms with E-state index in [4.69, 9.17) is 10.2 Å². The number of nitrogens with one attached hydrogen (secondary N) is 1. The van der Waals surface area contributed by atoms with E-state index in [-0.39, 0.29) is 23.1 Å². The Bertz CT molecular complexity index is 816. The molecule has 2 unspecified atom stereocenters. The Morgan fingerprint density at radius 2 is 1.78 bits per heavy atom. The molecule has 0 spiro atoms. The van der Waals surface area contributed by atoms with E-state index in [1.54, 1.807) is 10.4 Å². The summed E-state index contributed by atoms with van der Waals surface area (Å²) in [5, 5.41) is 27.6. The third-order valence-corrected chi connectivity index (χ3v) is 6.02. The second-order valence-electron chi connectivity index (χ2n) is 8.57. The minimum atomic E-state index is -1.67. The Labute approximate surface area is 186 Å². The first kappa shape index (κ1) is 25.1. The first-order valence-electron chi connectivity index (χ1n) is 10.6. The lowest BCUT2D eigenvalue weighted by Gasteiger charge is -2.36. The number of hydrogen-bond acceptors (Lipinski definition) is 5. The van der Waals surface area contributed by atoms with Crippen LogP contribution in [0.2, 0.25) is 0 Å². The molecule has 0 aromatic heterocycles. The molecule has 0 aliphatic carbocycles. The molecule has 4 N–H and O–H groups in total. The highest BCUT2D eigenvalue weighted by Crippen LogP contribution is 2.46. The van der Waals surface area contributed by atoms with E-state index in [0.29, 0.717) is 32.4 Å². The van der Waals surface area contributed by atoms with Crippen molar-refractivity contribution in [2.24, 2.45) is 17.3 Å². The van der Waals surface area contributed by atoms with Crippen LogP contribution >= 0.6 is 0 Å². The van der Waals surface area contributed by atoms with Crippen LogP contribution < -0.4 is 5.48 Å². The Balaban J connectivity index is 2.28. The van der Waals surface area contributed by atoms with Gasteiger partial charge in [-0.15, -0.1) is 0 Å². The molecule has 10 heteroatoms. The van der Waals surface area contributed by atoms with Gasteiger partial charge in [-0.05, 0) is 37.2 Å². The molecule has 0 radical (unpaired) electrons. The summed E-state index contributed by atoms with van der Waals surface area (Å²) in [6, 6.07) is 9.69. The number of nitrogens with zero attached hydrogens (tertiary/aromatic N) is 2. The summed E-state index contributed by atoms with van der Waals surface area (Å²) < 4.78 is 0. The highest BCUT2D eigenvalue weighted by atomic mass is 16.5. The maximum Gasteiger partial charge on any atom is 0.416 e. The molecule has 32 heavy (non-hydrogen) atoms. The van der Waals surface area contributed by atoms with Crippen LogP contribution in [0.4, 0.5) is 9.59 Å². The molecular weight excluding hydrogens is 418 g/mol. The molecule has 1 aromatic rings. The van der Waals surface area contributed by atoms with Gasteiger partial charge in [0.05, 0.1) is 11.3 Å². The van der Waals surface area contributed by atoms with Crippen molar-refractivity contribution in [1.82, 2.24) is 15.3 Å². The first-order valence-corrected chi connectivity index (χ1v) is 10.6. The van der Waals surface area contributed by atoms with Gasteiger partial charge in [0.2, 0.25) is 11.8 Å². The lowest BCUT2D eigenvalue weighted by Crippen LogP contribution is -2.49. The summed E-state index contributed by atoms with van der Waals surface area (Å²) in [4.78, 5) is 50.5. The summed E-state index contributed by atoms with van der Waals surface area (Å²) >= 11 is 0. The molecule has 1 aliphatic rings. The summed E-state index contributed by atoms with van der Waals surface area (Å²) in [6.07, 6.45) is -2.19. The number of carbonyl (C=O) groups excluding carboxylic acids is 2. The third kappa shape index (κ3) is 5.76. The van der Waals surface area contributed by atoms with Gasteiger partial charge in [0, 0.05) is 19.6 Å². The van der Waals surface area contributed by atoms with E-state index in [1.807, 2.05) is 44.2 Å². The minimum Gasteiger partial charge on any atom is -0.465 e. The van der Waals surface area contributed by atoms with E-state index in [9.17, 15) is 24.4 Å². The minimum absolute atomic E-state index is 0.0390. The van der Waals surface area contributed by atoms with Crippen LogP contribution in [0, 0.1) is 17.3 Å². The van der Waals surface area contributed by atoms with Crippen molar-refractivity contribution in [3.63, 3.8) is 0 Å². The molecule has 2 atom stereocenters. The van der Waals surface area contributed by atoms with E-state index in [1.165, 1.54) is 0 Å². The predicted molar refractivity (Wildman–Crippen MR) is 114 cm³/mol. The molecule has 4 amide bonds. The number of hydrogen-bond donors (Lipinski definition) is 4. The lowest BCUT2D eigenvalue weighted by atomic mass is 9.67. The standard InChI is InChI=1S/C22H31N3O7/c1-15(2)14-22(17(18(26)23-32)9-12-25(20(28)29)21(30)31)10-13-24(19(22)27)11-8-16-6-4-3-5-7-16/h3-7,15,17,32H,8-14H2,1-2H3,(H,23,26)(H,28,29)(H,30,31). The van der Waals surface area contributed by atoms with E-state index in [2.05, 4.69) is 0 Å². The Hall–Kier alpha value is -3.14. The SMILES string of the molecule is CC(C)CC1(C(CCN(C(=O)O)C(=O)O)C(=O)NO)CCN(CCc2ccccc2)C1=O. The molecule has 0 bridgehead atoms. The average Bonchev–Trinajstić information content (AvgIpc) is 3.04. The molecule has 1 fully saturated rings. The topological polar surface area (TPSA) is 147 Å². The smallest absolute Gasteiger partial charge is 0.416 e. The van der Waals surface area contributed by atoms with Crippen LogP contribution in [0.1, 0.15) is 38.7 Å². The van der Waals surface area contributed by atoms with Crippen molar-refractivity contribution in [1.29, 1.82) is 0 Å². The van der Waals surface area contributed by atoms with Crippen LogP contribution in [0.3, 0.4) is 0 Å². The summed E-state index contributed by atoms with van der Waals surface area (Å²) in [6.45, 7) is 4.23. The zero-order chi connectivity index (χ0) is 23.9. The first-order chi connectivity index (χ1) is 15.1. The molecule has 10 nitrogen and oxygen atoms in total. The van der Waals surface area contributed by atoms with Crippen molar-refractivity contribution < 1.29 is 34.6 Å². The van der Waals surface area contributed by atoms with Gasteiger partial charge in [-0.25, -0.2) is 20.0 Å². The van der Waals surface area contributed by atoms with Crippen molar-refractivity contribution in [2.45, 2.75) is 39.5 Å². The number of likely N-dealkylation sites (tertiary alicyclic amines) is 1. The zero-order valence-corrected chi connectivity index (χ0v) is 18.4. The molecule has 0 saturated carbocycles. The van der Waals surface area contributed by atoms with Crippen LogP contribution in [0.15, 0.2) is 30.3 Å². The monoisotopic (exact) mass is 449 g/mol. The fourth-order valence-corrected chi connectivity index (χ4v) is 4.63. The molecular formula is C22H31N3O7. The second-order valence-corrected chi connectivity index (χ2v) is 8.57. The summed E-state index contributed by atoms with van der Waals surface area (Å²) in [5.74, 6) is -2.09. The van der Waals surface area contributed by atoms with Gasteiger partial charge in [-0.3, -0.25) is 14.8 Å². The van der Waals surface area contributed by atoms with Crippen molar-refractivity contribution in [3.8, 4) is 0 Å². The largest absolute Gasteiger partial charge is 0.465 e. The number of benzene rings is 1. The van der Waals surface area contributed by atoms with E-state index in [0.717, 1.165) is 5.56 Å². The van der Waals surface area contributed by atoms with E-state index >= 15 is 0 Å². The number of amides is 4. The Kier molecular flexibility index (Phi) is 8.59. The lowest BCUT2D eigenvalue weighted by molar-refractivity contribution is -0.150. The van der Waals surface area contributed by atoms with Gasteiger partial charge in [-0.1, -0.05) is 44.2 Å². The quantitative estimate of drug-likeness (QED) is 0.317. The Morgan fingerprint density at radius 1 is 1.16 bits per heavy atom. The number of hydroxylamine groups is 1. The van der Waals surface area contributed by atoms with Gasteiger partial charge in [-0.2, -0.15) is 0 Å². The van der Waals surface area contributed by atoms with Gasteiger partial charge < -0.3 is 15.1 Å².